The van der Waals surface area contributed by atoms with E-state index < -0.39 is 59.0 Å². The van der Waals surface area contributed by atoms with Crippen LogP contribution in [0.4, 0.5) is 61.5 Å². The van der Waals surface area contributed by atoms with Crippen molar-refractivity contribution in [1.82, 2.24) is 0 Å². The lowest BCUT2D eigenvalue weighted by Gasteiger charge is -2.50. The van der Waals surface area contributed by atoms with E-state index in [0.29, 0.717) is 0 Å². The van der Waals surface area contributed by atoms with Gasteiger partial charge in [0.25, 0.3) is 5.67 Å². The molecule has 0 aromatic carbocycles. The Hall–Kier alpha value is -0.480. The molecule has 0 aliphatic heterocycles. The number of aliphatic hydroxyl groups is 2. The van der Waals surface area contributed by atoms with Gasteiger partial charge in [-0.15, -0.1) is 0 Å². The van der Waals surface area contributed by atoms with E-state index in [1.54, 1.807) is 0 Å². The van der Waals surface area contributed by atoms with E-state index in [4.69, 9.17) is 10.2 Å². The Bertz CT molecular complexity index is 582. The standard InChI is InChI=1S/C10H6Cl2F14O2/c1-3(15,10(25,26)28)5(17,7(19,20)4(16,27)2(13)14)8(21,22)6(11,18)9(12,23)24/h2,27-28H,1H3. The van der Waals surface area contributed by atoms with Crippen LogP contribution in [-0.4, -0.2) is 62.3 Å². The molecule has 0 saturated heterocycles. The molecule has 4 unspecified atom stereocenters. The molecule has 0 heterocycles. The van der Waals surface area contributed by atoms with Gasteiger partial charge in [-0.05, 0) is 18.5 Å². The molecule has 0 saturated carbocycles. The largest absolute Gasteiger partial charge is 0.390 e. The average Bonchev–Trinajstić information content (AvgIpc) is 2.42. The van der Waals surface area contributed by atoms with Crippen molar-refractivity contribution in [3.8, 4) is 0 Å². The van der Waals surface area contributed by atoms with Crippen LogP contribution in [0.2, 0.25) is 0 Å². The van der Waals surface area contributed by atoms with E-state index in [0.717, 1.165) is 0 Å². The number of hydrogen-bond donors (Lipinski definition) is 2. The van der Waals surface area contributed by atoms with E-state index in [2.05, 4.69) is 23.2 Å². The summed E-state index contributed by atoms with van der Waals surface area (Å²) in [5.74, 6) is -22.7. The molecular formula is C10H6Cl2F14O2. The van der Waals surface area contributed by atoms with Gasteiger partial charge in [0.1, 0.15) is 0 Å². The Balaban J connectivity index is 7.45. The maximum atomic E-state index is 14.5. The van der Waals surface area contributed by atoms with Crippen molar-refractivity contribution < 1.29 is 71.7 Å². The van der Waals surface area contributed by atoms with E-state index in [1.165, 1.54) is 0 Å². The normalized spacial score (nSPS) is 23.6. The monoisotopic (exact) mass is 494 g/mol. The van der Waals surface area contributed by atoms with Crippen LogP contribution in [0.1, 0.15) is 6.92 Å². The third-order valence-corrected chi connectivity index (χ3v) is 4.39. The topological polar surface area (TPSA) is 40.5 Å². The molecule has 2 nitrogen and oxygen atoms in total. The Morgan fingerprint density at radius 2 is 1.00 bits per heavy atom. The van der Waals surface area contributed by atoms with Gasteiger partial charge < -0.3 is 10.2 Å². The van der Waals surface area contributed by atoms with Gasteiger partial charge in [0, 0.05) is 0 Å². The van der Waals surface area contributed by atoms with Crippen molar-refractivity contribution in [3.05, 3.63) is 0 Å². The number of rotatable bonds is 8. The summed E-state index contributed by atoms with van der Waals surface area (Å²) in [7, 11) is 0. The molecule has 4 atom stereocenters. The van der Waals surface area contributed by atoms with Gasteiger partial charge in [0.2, 0.25) is 5.67 Å². The van der Waals surface area contributed by atoms with Crippen LogP contribution < -0.4 is 0 Å². The van der Waals surface area contributed by atoms with Crippen LogP contribution in [-0.2, 0) is 0 Å². The van der Waals surface area contributed by atoms with E-state index in [1.807, 2.05) is 0 Å². The second kappa shape index (κ2) is 6.77. The third kappa shape index (κ3) is 3.27. The molecule has 0 fully saturated rings. The lowest BCUT2D eigenvalue weighted by atomic mass is 9.72. The van der Waals surface area contributed by atoms with E-state index in [9.17, 15) is 61.5 Å². The van der Waals surface area contributed by atoms with Crippen molar-refractivity contribution >= 4 is 23.2 Å². The van der Waals surface area contributed by atoms with E-state index in [-0.39, 0.29) is 0 Å². The van der Waals surface area contributed by atoms with Crippen LogP contribution >= 0.6 is 23.2 Å². The molecule has 28 heavy (non-hydrogen) atoms. The molecule has 0 aliphatic rings. The predicted octanol–water partition coefficient (Wildman–Crippen LogP) is 4.94. The quantitative estimate of drug-likeness (QED) is 0.371. The number of halogens is 16. The van der Waals surface area contributed by atoms with E-state index >= 15 is 0 Å². The molecule has 18 heteroatoms. The van der Waals surface area contributed by atoms with Gasteiger partial charge >= 0.3 is 40.7 Å². The summed E-state index contributed by atoms with van der Waals surface area (Å²) >= 11 is 7.52. The molecule has 2 N–H and O–H groups in total. The first-order valence-corrected chi connectivity index (χ1v) is 6.82. The minimum atomic E-state index is -7.93. The van der Waals surface area contributed by atoms with Crippen LogP contribution in [0, 0.1) is 0 Å². The van der Waals surface area contributed by atoms with Crippen molar-refractivity contribution in [1.29, 1.82) is 0 Å². The smallest absolute Gasteiger partial charge is 0.353 e. The average molecular weight is 495 g/mol. The molecule has 0 aromatic rings. The zero-order valence-electron chi connectivity index (χ0n) is 12.5. The minimum absolute atomic E-state index is 1.49. The summed E-state index contributed by atoms with van der Waals surface area (Å²) < 4.78 is 186. The minimum Gasteiger partial charge on any atom is -0.353 e. The third-order valence-electron chi connectivity index (χ3n) is 3.56. The Morgan fingerprint density at radius 3 is 1.21 bits per heavy atom. The summed E-state index contributed by atoms with van der Waals surface area (Å²) in [6, 6.07) is 0. The molecule has 0 rings (SSSR count). The molecule has 170 valence electrons. The second-order valence-electron chi connectivity index (χ2n) is 5.40. The second-order valence-corrected chi connectivity index (χ2v) is 6.39. The molecule has 0 spiro atoms. The van der Waals surface area contributed by atoms with Gasteiger partial charge in [-0.25, -0.2) is 22.0 Å². The summed E-state index contributed by atoms with van der Waals surface area (Å²) in [5, 5.41) is 3.12. The van der Waals surface area contributed by atoms with Crippen molar-refractivity contribution in [3.63, 3.8) is 0 Å². The zero-order valence-corrected chi connectivity index (χ0v) is 14.0. The SMILES string of the molecule is CC(F)(C(O)(F)F)C(F)(C(F)(F)C(O)(F)C(F)F)C(F)(F)C(F)(Cl)C(F)(F)Cl. The molecule has 0 aliphatic carbocycles. The maximum Gasteiger partial charge on any atom is 0.390 e. The number of alkyl halides is 16. The highest BCUT2D eigenvalue weighted by Crippen LogP contribution is 2.66. The molecular weight excluding hydrogens is 489 g/mol. The fourth-order valence-electron chi connectivity index (χ4n) is 1.77. The predicted molar refractivity (Wildman–Crippen MR) is 63.0 cm³/mol. The number of hydrogen-bond acceptors (Lipinski definition) is 2. The highest BCUT2D eigenvalue weighted by atomic mass is 35.5. The van der Waals surface area contributed by atoms with Gasteiger partial charge in [0.05, 0.1) is 0 Å². The van der Waals surface area contributed by atoms with Crippen LogP contribution in [0.25, 0.3) is 0 Å². The van der Waals surface area contributed by atoms with Crippen LogP contribution in [0.5, 0.6) is 0 Å². The Kier molecular flexibility index (Phi) is 6.65. The Labute approximate surface area is 155 Å². The van der Waals surface area contributed by atoms with Crippen LogP contribution in [0.3, 0.4) is 0 Å². The first kappa shape index (κ1) is 27.5. The molecule has 0 bridgehead atoms. The van der Waals surface area contributed by atoms with Crippen molar-refractivity contribution in [2.45, 2.75) is 59.0 Å². The van der Waals surface area contributed by atoms with Crippen molar-refractivity contribution in [2.24, 2.45) is 0 Å². The van der Waals surface area contributed by atoms with Gasteiger partial charge in [0.15, 0.2) is 0 Å². The fraction of sp³-hybridized carbons (Fsp3) is 1.00. The summed E-state index contributed by atoms with van der Waals surface area (Å²) in [6.45, 7) is -1.49. The Morgan fingerprint density at radius 1 is 0.679 bits per heavy atom. The fourth-order valence-corrected chi connectivity index (χ4v) is 2.02. The van der Waals surface area contributed by atoms with Gasteiger partial charge in [-0.3, -0.25) is 0 Å². The summed E-state index contributed by atoms with van der Waals surface area (Å²) in [6.07, 6.45) is -12.5. The lowest BCUT2D eigenvalue weighted by molar-refractivity contribution is -0.436. The van der Waals surface area contributed by atoms with Crippen LogP contribution in [0.15, 0.2) is 0 Å². The van der Waals surface area contributed by atoms with Crippen molar-refractivity contribution in [2.75, 3.05) is 0 Å². The molecule has 0 radical (unpaired) electrons. The van der Waals surface area contributed by atoms with Gasteiger partial charge in [-0.2, -0.15) is 39.5 Å². The molecule has 0 aromatic heterocycles. The highest BCUT2D eigenvalue weighted by molar-refractivity contribution is 6.33. The summed E-state index contributed by atoms with van der Waals surface area (Å²) in [4.78, 5) is 0. The van der Waals surface area contributed by atoms with Gasteiger partial charge in [-0.1, -0.05) is 11.6 Å². The maximum absolute atomic E-state index is 14.5. The zero-order chi connectivity index (χ0) is 23.6. The summed E-state index contributed by atoms with van der Waals surface area (Å²) in [5.41, 5.74) is -14.7. The molecule has 0 amide bonds. The first-order chi connectivity index (χ1) is 11.7. The highest BCUT2D eigenvalue weighted by Gasteiger charge is 2.95. The first-order valence-electron chi connectivity index (χ1n) is 6.07. The lowest BCUT2D eigenvalue weighted by Crippen LogP contribution is -2.81.